The van der Waals surface area contributed by atoms with E-state index in [1.54, 1.807) is 6.92 Å². The molecule has 1 aliphatic heterocycles. The van der Waals surface area contributed by atoms with Crippen LogP contribution >= 0.6 is 0 Å². The van der Waals surface area contributed by atoms with E-state index in [0.29, 0.717) is 13.0 Å². The first-order valence-electron chi connectivity index (χ1n) is 15.9. The molecule has 0 saturated carbocycles. The highest BCUT2D eigenvalue weighted by molar-refractivity contribution is 5.98. The molecule has 2 amide bonds. The van der Waals surface area contributed by atoms with Crippen LogP contribution in [-0.4, -0.2) is 47.9 Å². The van der Waals surface area contributed by atoms with Crippen LogP contribution in [0.2, 0.25) is 0 Å². The predicted octanol–water partition coefficient (Wildman–Crippen LogP) is 5.43. The first-order valence-corrected chi connectivity index (χ1v) is 15.9. The minimum Gasteiger partial charge on any atom is -0.445 e. The fourth-order valence-electron chi connectivity index (χ4n) is 5.51. The number of carbonyl (C=O) groups excluding carboxylic acids is 4. The zero-order valence-corrected chi connectivity index (χ0v) is 26.5. The van der Waals surface area contributed by atoms with Crippen LogP contribution in [0.25, 0.3) is 0 Å². The molecular formula is C39H40N2O6. The average Bonchev–Trinajstić information content (AvgIpc) is 3.86. The van der Waals surface area contributed by atoms with Gasteiger partial charge < -0.3 is 20.1 Å². The number of ether oxygens (including phenoxy) is 2. The molecule has 8 nitrogen and oxygen atoms in total. The van der Waals surface area contributed by atoms with E-state index in [4.69, 9.17) is 9.47 Å². The summed E-state index contributed by atoms with van der Waals surface area (Å²) in [6.45, 7) is 2.07. The Bertz CT molecular complexity index is 1630. The molecular weight excluding hydrogens is 592 g/mol. The van der Waals surface area contributed by atoms with Crippen molar-refractivity contribution in [1.29, 1.82) is 0 Å². The molecule has 0 aromatic heterocycles. The van der Waals surface area contributed by atoms with E-state index in [2.05, 4.69) is 10.6 Å². The van der Waals surface area contributed by atoms with Gasteiger partial charge in [-0.25, -0.2) is 4.79 Å². The Morgan fingerprint density at radius 2 is 1.11 bits per heavy atom. The number of hydrogen-bond acceptors (Lipinski definition) is 6. The van der Waals surface area contributed by atoms with E-state index in [0.717, 1.165) is 22.3 Å². The Morgan fingerprint density at radius 3 is 1.60 bits per heavy atom. The summed E-state index contributed by atoms with van der Waals surface area (Å²) in [5, 5.41) is 5.72. The predicted molar refractivity (Wildman–Crippen MR) is 178 cm³/mol. The second kappa shape index (κ2) is 16.0. The maximum absolute atomic E-state index is 14.0. The highest BCUT2D eigenvalue weighted by Crippen LogP contribution is 2.29. The molecule has 47 heavy (non-hydrogen) atoms. The van der Waals surface area contributed by atoms with Crippen LogP contribution in [0.4, 0.5) is 4.79 Å². The van der Waals surface area contributed by atoms with Crippen molar-refractivity contribution < 1.29 is 28.7 Å². The maximum atomic E-state index is 14.0. The average molecular weight is 633 g/mol. The van der Waals surface area contributed by atoms with Gasteiger partial charge in [-0.3, -0.25) is 14.4 Å². The van der Waals surface area contributed by atoms with E-state index in [9.17, 15) is 19.2 Å². The number of benzene rings is 4. The maximum Gasteiger partial charge on any atom is 0.408 e. The van der Waals surface area contributed by atoms with Gasteiger partial charge in [-0.05, 0) is 48.4 Å². The van der Waals surface area contributed by atoms with Gasteiger partial charge in [0.1, 0.15) is 12.2 Å². The van der Waals surface area contributed by atoms with Gasteiger partial charge in [0.25, 0.3) is 0 Å². The molecule has 2 unspecified atom stereocenters. The number of epoxide rings is 1. The van der Waals surface area contributed by atoms with Gasteiger partial charge in [0, 0.05) is 12.3 Å². The second-order valence-corrected chi connectivity index (χ2v) is 12.1. The second-order valence-electron chi connectivity index (χ2n) is 12.1. The van der Waals surface area contributed by atoms with E-state index < -0.39 is 35.6 Å². The van der Waals surface area contributed by atoms with Gasteiger partial charge in [0.05, 0.1) is 18.7 Å². The molecule has 1 heterocycles. The smallest absolute Gasteiger partial charge is 0.408 e. The minimum atomic E-state index is -0.942. The number of carbonyl (C=O) groups is 4. The van der Waals surface area contributed by atoms with Crippen molar-refractivity contribution in [2.24, 2.45) is 5.92 Å². The van der Waals surface area contributed by atoms with E-state index in [1.165, 1.54) is 0 Å². The van der Waals surface area contributed by atoms with Crippen LogP contribution in [0.15, 0.2) is 121 Å². The van der Waals surface area contributed by atoms with Crippen molar-refractivity contribution in [3.05, 3.63) is 144 Å². The van der Waals surface area contributed by atoms with Crippen LogP contribution < -0.4 is 10.6 Å². The van der Waals surface area contributed by atoms with Crippen LogP contribution in [0, 0.1) is 5.92 Å². The lowest BCUT2D eigenvalue weighted by atomic mass is 9.88. The first kappa shape index (κ1) is 33.3. The van der Waals surface area contributed by atoms with Gasteiger partial charge in [-0.15, -0.1) is 0 Å². The molecule has 4 atom stereocenters. The fourth-order valence-corrected chi connectivity index (χ4v) is 5.51. The molecule has 8 heteroatoms. The molecule has 1 aliphatic rings. The third-order valence-electron chi connectivity index (χ3n) is 8.33. The van der Waals surface area contributed by atoms with Gasteiger partial charge >= 0.3 is 6.09 Å². The van der Waals surface area contributed by atoms with Crippen molar-refractivity contribution in [3.63, 3.8) is 0 Å². The quantitative estimate of drug-likeness (QED) is 0.159. The summed E-state index contributed by atoms with van der Waals surface area (Å²) >= 11 is 0. The van der Waals surface area contributed by atoms with Crippen molar-refractivity contribution in [2.75, 3.05) is 6.61 Å². The summed E-state index contributed by atoms with van der Waals surface area (Å²) in [7, 11) is 0. The Labute approximate surface area is 275 Å². The number of ketones is 2. The normalized spacial score (nSPS) is 17.0. The SMILES string of the molecule is C[C@]1(C(=O)C(Cc2ccccc2)NC(=O)C(CC(=O)[C@@H](Cc2ccccc2)NC(=O)OCc2ccccc2)Cc2ccccc2)CO1. The first-order chi connectivity index (χ1) is 22.8. The molecule has 4 aromatic rings. The lowest BCUT2D eigenvalue weighted by Crippen LogP contribution is -2.50. The number of rotatable bonds is 16. The van der Waals surface area contributed by atoms with Crippen LogP contribution in [0.1, 0.15) is 35.6 Å². The summed E-state index contributed by atoms with van der Waals surface area (Å²) < 4.78 is 10.9. The molecule has 242 valence electrons. The molecule has 0 bridgehead atoms. The number of hydrogen-bond donors (Lipinski definition) is 2. The molecule has 4 aromatic carbocycles. The van der Waals surface area contributed by atoms with Crippen LogP contribution in [0.3, 0.4) is 0 Å². The van der Waals surface area contributed by atoms with Crippen molar-refractivity contribution in [3.8, 4) is 0 Å². The summed E-state index contributed by atoms with van der Waals surface area (Å²) in [6.07, 6.45) is -0.0863. The topological polar surface area (TPSA) is 114 Å². The van der Waals surface area contributed by atoms with E-state index in [1.807, 2.05) is 121 Å². The highest BCUT2D eigenvalue weighted by atomic mass is 16.6. The molecule has 5 rings (SSSR count). The van der Waals surface area contributed by atoms with Gasteiger partial charge in [-0.1, -0.05) is 121 Å². The molecule has 0 aliphatic carbocycles. The van der Waals surface area contributed by atoms with Gasteiger partial charge in [-0.2, -0.15) is 0 Å². The Morgan fingerprint density at radius 1 is 0.660 bits per heavy atom. The Balaban J connectivity index is 1.34. The summed E-state index contributed by atoms with van der Waals surface area (Å²) in [6, 6.07) is 35.8. The monoisotopic (exact) mass is 632 g/mol. The van der Waals surface area contributed by atoms with Crippen molar-refractivity contribution in [1.82, 2.24) is 10.6 Å². The summed E-state index contributed by atoms with van der Waals surface area (Å²) in [4.78, 5) is 54.4. The minimum absolute atomic E-state index is 0.0530. The van der Waals surface area contributed by atoms with Crippen molar-refractivity contribution in [2.45, 2.75) is 56.9 Å². The standard InChI is InChI=1S/C39H40N2O6/c1-39(27-47-39)36(43)34(24-30-18-10-4-11-19-30)40-37(44)32(22-28-14-6-2-7-15-28)25-35(42)33(23-29-16-8-3-9-17-29)41-38(45)46-26-31-20-12-5-13-21-31/h2-21,32-34H,22-27H2,1H3,(H,40,44)(H,41,45)/t32?,33-,34?,39-/m1/s1. The third kappa shape index (κ3) is 9.95. The lowest BCUT2D eigenvalue weighted by molar-refractivity contribution is -0.134. The van der Waals surface area contributed by atoms with Crippen LogP contribution in [-0.2, 0) is 49.7 Å². The summed E-state index contributed by atoms with van der Waals surface area (Å²) in [5.74, 6) is -1.73. The number of alkyl carbamates (subject to hydrolysis) is 1. The Kier molecular flexibility index (Phi) is 11.3. The van der Waals surface area contributed by atoms with E-state index >= 15 is 0 Å². The molecule has 0 radical (unpaired) electrons. The highest BCUT2D eigenvalue weighted by Gasteiger charge is 2.50. The van der Waals surface area contributed by atoms with Gasteiger partial charge in [0.2, 0.25) is 5.91 Å². The molecule has 1 fully saturated rings. The zero-order valence-electron chi connectivity index (χ0n) is 26.5. The van der Waals surface area contributed by atoms with Crippen LogP contribution in [0.5, 0.6) is 0 Å². The third-order valence-corrected chi connectivity index (χ3v) is 8.33. The lowest BCUT2D eigenvalue weighted by Gasteiger charge is -2.25. The van der Waals surface area contributed by atoms with E-state index in [-0.39, 0.29) is 37.4 Å². The summed E-state index contributed by atoms with van der Waals surface area (Å²) in [5.41, 5.74) is 2.50. The number of Topliss-reactive ketones (excluding diaryl/α,β-unsaturated/α-hetero) is 2. The molecule has 2 N–H and O–H groups in total. The van der Waals surface area contributed by atoms with Crippen molar-refractivity contribution >= 4 is 23.6 Å². The number of amides is 2. The molecule has 0 spiro atoms. The Hall–Kier alpha value is -5.08. The largest absolute Gasteiger partial charge is 0.445 e. The fraction of sp³-hybridized carbons (Fsp3) is 0.282. The number of nitrogens with one attached hydrogen (secondary N) is 2. The zero-order chi connectivity index (χ0) is 33.1. The molecule has 1 saturated heterocycles. The van der Waals surface area contributed by atoms with Gasteiger partial charge in [0.15, 0.2) is 11.6 Å².